The van der Waals surface area contributed by atoms with Crippen LogP contribution in [-0.2, 0) is 0 Å². The maximum absolute atomic E-state index is 5.99. The van der Waals surface area contributed by atoms with Gasteiger partial charge in [0.05, 0.1) is 12.3 Å². The molecule has 0 saturated heterocycles. The quantitative estimate of drug-likeness (QED) is 0.751. The lowest BCUT2D eigenvalue weighted by Crippen LogP contribution is -2.22. The predicted octanol–water partition coefficient (Wildman–Crippen LogP) is 2.57. The molecule has 0 aromatic carbocycles. The van der Waals surface area contributed by atoms with E-state index in [1.807, 2.05) is 12.1 Å². The molecule has 0 fully saturated rings. The summed E-state index contributed by atoms with van der Waals surface area (Å²) in [6.07, 6.45) is 1.67. The summed E-state index contributed by atoms with van der Waals surface area (Å²) >= 11 is 0. The van der Waals surface area contributed by atoms with Crippen molar-refractivity contribution in [1.29, 1.82) is 0 Å². The molecule has 0 radical (unpaired) electrons. The minimum absolute atomic E-state index is 0.0278. The molecule has 0 aliphatic carbocycles. The van der Waals surface area contributed by atoms with Gasteiger partial charge in [-0.3, -0.25) is 0 Å². The van der Waals surface area contributed by atoms with Gasteiger partial charge < -0.3 is 10.2 Å². The second-order valence-electron chi connectivity index (χ2n) is 3.64. The van der Waals surface area contributed by atoms with E-state index >= 15 is 0 Å². The van der Waals surface area contributed by atoms with Crippen molar-refractivity contribution in [3.63, 3.8) is 0 Å². The van der Waals surface area contributed by atoms with Crippen molar-refractivity contribution in [3.8, 4) is 0 Å². The maximum Gasteiger partial charge on any atom is 0.120 e. The zero-order valence-electron chi connectivity index (χ0n) is 7.95. The lowest BCUT2D eigenvalue weighted by Gasteiger charge is -2.21. The Kier molecular flexibility index (Phi) is 2.93. The maximum atomic E-state index is 5.99. The molecule has 0 spiro atoms. The van der Waals surface area contributed by atoms with Crippen molar-refractivity contribution >= 4 is 0 Å². The van der Waals surface area contributed by atoms with Crippen LogP contribution in [0.2, 0.25) is 0 Å². The number of nitrogens with two attached hydrogens (primary N) is 1. The summed E-state index contributed by atoms with van der Waals surface area (Å²) < 4.78 is 5.24. The molecule has 1 heterocycles. The SMILES string of the molecule is CC(C)C(C)C(N)c1ccco1. The number of hydrogen-bond acceptors (Lipinski definition) is 2. The van der Waals surface area contributed by atoms with Crippen molar-refractivity contribution in [2.45, 2.75) is 26.8 Å². The van der Waals surface area contributed by atoms with Gasteiger partial charge in [-0.05, 0) is 24.0 Å². The summed E-state index contributed by atoms with van der Waals surface area (Å²) in [5, 5.41) is 0. The van der Waals surface area contributed by atoms with Gasteiger partial charge in [0.15, 0.2) is 0 Å². The van der Waals surface area contributed by atoms with Gasteiger partial charge in [0.2, 0.25) is 0 Å². The van der Waals surface area contributed by atoms with Crippen LogP contribution < -0.4 is 5.73 Å². The fraction of sp³-hybridized carbons (Fsp3) is 0.600. The molecule has 2 N–H and O–H groups in total. The fourth-order valence-corrected chi connectivity index (χ4v) is 1.15. The molecule has 2 atom stereocenters. The Morgan fingerprint density at radius 2 is 2.00 bits per heavy atom. The average molecular weight is 167 g/mol. The van der Waals surface area contributed by atoms with Crippen LogP contribution in [-0.4, -0.2) is 0 Å². The van der Waals surface area contributed by atoms with E-state index in [2.05, 4.69) is 20.8 Å². The highest BCUT2D eigenvalue weighted by molar-refractivity contribution is 5.04. The average Bonchev–Trinajstić information content (AvgIpc) is 2.53. The molecule has 1 aromatic heterocycles. The summed E-state index contributed by atoms with van der Waals surface area (Å²) in [5.41, 5.74) is 5.99. The molecule has 1 aromatic rings. The van der Waals surface area contributed by atoms with Crippen molar-refractivity contribution in [2.75, 3.05) is 0 Å². The third kappa shape index (κ3) is 1.89. The molecule has 2 heteroatoms. The zero-order valence-corrected chi connectivity index (χ0v) is 7.95. The molecular formula is C10H17NO. The van der Waals surface area contributed by atoms with E-state index in [4.69, 9.17) is 10.2 Å². The lowest BCUT2D eigenvalue weighted by atomic mass is 9.90. The minimum atomic E-state index is 0.0278. The molecular weight excluding hydrogens is 150 g/mol. The van der Waals surface area contributed by atoms with Gasteiger partial charge in [0.1, 0.15) is 5.76 Å². The standard InChI is InChI=1S/C10H17NO/c1-7(2)8(3)10(11)9-5-4-6-12-9/h4-8,10H,11H2,1-3H3. The summed E-state index contributed by atoms with van der Waals surface area (Å²) in [5.74, 6) is 1.93. The van der Waals surface area contributed by atoms with Gasteiger partial charge in [-0.2, -0.15) is 0 Å². The van der Waals surface area contributed by atoms with E-state index < -0.39 is 0 Å². The van der Waals surface area contributed by atoms with Crippen molar-refractivity contribution in [2.24, 2.45) is 17.6 Å². The van der Waals surface area contributed by atoms with Crippen LogP contribution in [0.1, 0.15) is 32.6 Å². The summed E-state index contributed by atoms with van der Waals surface area (Å²) in [6, 6.07) is 3.84. The molecule has 0 amide bonds. The van der Waals surface area contributed by atoms with E-state index in [1.54, 1.807) is 6.26 Å². The van der Waals surface area contributed by atoms with Crippen LogP contribution in [0.3, 0.4) is 0 Å². The van der Waals surface area contributed by atoms with Gasteiger partial charge in [-0.1, -0.05) is 20.8 Å². The van der Waals surface area contributed by atoms with Crippen LogP contribution in [0, 0.1) is 11.8 Å². The summed E-state index contributed by atoms with van der Waals surface area (Å²) in [4.78, 5) is 0. The highest BCUT2D eigenvalue weighted by atomic mass is 16.3. The van der Waals surface area contributed by atoms with E-state index in [-0.39, 0.29) is 6.04 Å². The third-order valence-corrected chi connectivity index (χ3v) is 2.49. The lowest BCUT2D eigenvalue weighted by molar-refractivity contribution is 0.312. The van der Waals surface area contributed by atoms with Crippen LogP contribution >= 0.6 is 0 Å². The van der Waals surface area contributed by atoms with Crippen molar-refractivity contribution in [3.05, 3.63) is 24.2 Å². The topological polar surface area (TPSA) is 39.2 Å². The second-order valence-corrected chi connectivity index (χ2v) is 3.64. The van der Waals surface area contributed by atoms with Crippen molar-refractivity contribution in [1.82, 2.24) is 0 Å². The summed E-state index contributed by atoms with van der Waals surface area (Å²) in [6.45, 7) is 6.50. The van der Waals surface area contributed by atoms with Crippen LogP contribution in [0.25, 0.3) is 0 Å². The number of rotatable bonds is 3. The largest absolute Gasteiger partial charge is 0.468 e. The minimum Gasteiger partial charge on any atom is -0.468 e. The van der Waals surface area contributed by atoms with Crippen LogP contribution in [0.15, 0.2) is 22.8 Å². The smallest absolute Gasteiger partial charge is 0.120 e. The summed E-state index contributed by atoms with van der Waals surface area (Å²) in [7, 11) is 0. The Labute approximate surface area is 73.8 Å². The molecule has 0 aliphatic heterocycles. The Balaban J connectivity index is 2.65. The van der Waals surface area contributed by atoms with Gasteiger partial charge in [0.25, 0.3) is 0 Å². The molecule has 1 rings (SSSR count). The highest BCUT2D eigenvalue weighted by Crippen LogP contribution is 2.25. The molecule has 12 heavy (non-hydrogen) atoms. The zero-order chi connectivity index (χ0) is 9.14. The Hall–Kier alpha value is -0.760. The Bertz CT molecular complexity index is 216. The first kappa shape index (κ1) is 9.33. The van der Waals surface area contributed by atoms with Gasteiger partial charge in [-0.25, -0.2) is 0 Å². The van der Waals surface area contributed by atoms with Gasteiger partial charge in [-0.15, -0.1) is 0 Å². The first-order valence-corrected chi connectivity index (χ1v) is 4.42. The normalized spacial score (nSPS) is 16.4. The third-order valence-electron chi connectivity index (χ3n) is 2.49. The Morgan fingerprint density at radius 1 is 1.33 bits per heavy atom. The first-order chi connectivity index (χ1) is 5.63. The molecule has 0 aliphatic rings. The highest BCUT2D eigenvalue weighted by Gasteiger charge is 2.19. The van der Waals surface area contributed by atoms with Crippen molar-refractivity contribution < 1.29 is 4.42 Å². The molecule has 2 nitrogen and oxygen atoms in total. The fourth-order valence-electron chi connectivity index (χ4n) is 1.15. The molecule has 68 valence electrons. The van der Waals surface area contributed by atoms with Crippen LogP contribution in [0.4, 0.5) is 0 Å². The monoisotopic (exact) mass is 167 g/mol. The number of hydrogen-bond donors (Lipinski definition) is 1. The van der Waals surface area contributed by atoms with E-state index in [0.717, 1.165) is 5.76 Å². The first-order valence-electron chi connectivity index (χ1n) is 4.42. The van der Waals surface area contributed by atoms with Gasteiger partial charge in [0, 0.05) is 0 Å². The van der Waals surface area contributed by atoms with E-state index in [9.17, 15) is 0 Å². The van der Waals surface area contributed by atoms with E-state index in [1.165, 1.54) is 0 Å². The van der Waals surface area contributed by atoms with Gasteiger partial charge >= 0.3 is 0 Å². The molecule has 0 saturated carbocycles. The Morgan fingerprint density at radius 3 is 2.42 bits per heavy atom. The molecule has 2 unspecified atom stereocenters. The van der Waals surface area contributed by atoms with E-state index in [0.29, 0.717) is 11.8 Å². The molecule has 0 bridgehead atoms. The second kappa shape index (κ2) is 3.76. The van der Waals surface area contributed by atoms with Crippen LogP contribution in [0.5, 0.6) is 0 Å². The number of furan rings is 1. The predicted molar refractivity (Wildman–Crippen MR) is 49.6 cm³/mol.